The van der Waals surface area contributed by atoms with E-state index < -0.39 is 12.1 Å². The number of carbonyl (C=O) groups excluding carboxylic acids is 3. The molecule has 0 bridgehead atoms. The first-order valence-electron chi connectivity index (χ1n) is 12.4. The summed E-state index contributed by atoms with van der Waals surface area (Å²) in [5, 5.41) is 4.03. The summed E-state index contributed by atoms with van der Waals surface area (Å²) in [7, 11) is 0. The number of amides is 2. The van der Waals surface area contributed by atoms with Crippen molar-refractivity contribution in [3.05, 3.63) is 29.3 Å². The van der Waals surface area contributed by atoms with Gasteiger partial charge in [0, 0.05) is 23.5 Å². The van der Waals surface area contributed by atoms with Crippen molar-refractivity contribution in [3.8, 4) is 0 Å². The topological polar surface area (TPSA) is 88.6 Å². The molecule has 7 nitrogen and oxygen atoms in total. The normalized spacial score (nSPS) is 26.1. The highest BCUT2D eigenvalue weighted by Crippen LogP contribution is 2.47. The Morgan fingerprint density at radius 2 is 2.03 bits per heavy atom. The molecule has 1 aliphatic carbocycles. The number of likely N-dealkylation sites (tertiary alicyclic amines) is 1. The predicted octanol–water partition coefficient (Wildman–Crippen LogP) is 3.96. The number of rotatable bonds is 6. The molecule has 4 heterocycles. The van der Waals surface area contributed by atoms with Crippen molar-refractivity contribution in [1.82, 2.24) is 15.2 Å². The fourth-order valence-corrected chi connectivity index (χ4v) is 7.25. The molecule has 3 aliphatic rings. The molecule has 3 fully saturated rings. The Morgan fingerprint density at radius 3 is 2.71 bits per heavy atom. The third-order valence-electron chi connectivity index (χ3n) is 8.62. The second-order valence-electron chi connectivity index (χ2n) is 10.5. The number of nitrogens with zero attached hydrogens (tertiary/aromatic N) is 2. The summed E-state index contributed by atoms with van der Waals surface area (Å²) in [5.74, 6) is -0.426. The van der Waals surface area contributed by atoms with E-state index in [0.29, 0.717) is 11.4 Å². The van der Waals surface area contributed by atoms with Gasteiger partial charge in [-0.2, -0.15) is 0 Å². The van der Waals surface area contributed by atoms with E-state index in [1.807, 2.05) is 18.2 Å². The number of hydrogen-bond acceptors (Lipinski definition) is 6. The quantitative estimate of drug-likeness (QED) is 0.672. The highest BCUT2D eigenvalue weighted by molar-refractivity contribution is 7.20. The Morgan fingerprint density at radius 1 is 1.29 bits per heavy atom. The second kappa shape index (κ2) is 8.72. The predicted molar refractivity (Wildman–Crippen MR) is 131 cm³/mol. The molecule has 0 radical (unpaired) electrons. The van der Waals surface area contributed by atoms with Crippen molar-refractivity contribution in [1.29, 1.82) is 0 Å². The smallest absolute Gasteiger partial charge is 0.262 e. The average Bonchev–Trinajstić information content (AvgIpc) is 3.61. The first-order valence-corrected chi connectivity index (χ1v) is 13.2. The number of thiophene rings is 1. The zero-order valence-corrected chi connectivity index (χ0v) is 21.0. The van der Waals surface area contributed by atoms with Crippen molar-refractivity contribution in [2.45, 2.75) is 77.5 Å². The van der Waals surface area contributed by atoms with Crippen LogP contribution in [0.4, 0.5) is 0 Å². The minimum absolute atomic E-state index is 0.0284. The number of Topliss-reactive ketones (excluding diaryl/α,β-unsaturated/α-hetero) is 1. The first-order chi connectivity index (χ1) is 16.3. The van der Waals surface area contributed by atoms with Gasteiger partial charge < -0.3 is 15.0 Å². The van der Waals surface area contributed by atoms with Gasteiger partial charge in [-0.1, -0.05) is 39.7 Å². The number of hydrogen-bond donors (Lipinski definition) is 1. The Bertz CT molecular complexity index is 1090. The lowest BCUT2D eigenvalue weighted by Gasteiger charge is -2.37. The maximum Gasteiger partial charge on any atom is 0.262 e. The number of nitrogens with one attached hydrogen (secondary N) is 1. The molecular weight excluding hydrogens is 450 g/mol. The average molecular weight is 484 g/mol. The molecule has 0 spiro atoms. The number of fused-ring (bicyclic) bond motifs is 2. The van der Waals surface area contributed by atoms with Crippen LogP contribution in [0.15, 0.2) is 24.4 Å². The number of pyridine rings is 1. The van der Waals surface area contributed by atoms with Crippen LogP contribution in [0.3, 0.4) is 0 Å². The van der Waals surface area contributed by atoms with E-state index in [-0.39, 0.29) is 41.1 Å². The Kier molecular flexibility index (Phi) is 6.01. The molecule has 2 amide bonds. The fraction of sp³-hybridized carbons (Fsp3) is 0.615. The molecule has 1 saturated carbocycles. The van der Waals surface area contributed by atoms with Crippen molar-refractivity contribution in [2.75, 3.05) is 13.2 Å². The van der Waals surface area contributed by atoms with Gasteiger partial charge in [-0.3, -0.25) is 14.4 Å². The monoisotopic (exact) mass is 483 g/mol. The number of aromatic nitrogens is 1. The summed E-state index contributed by atoms with van der Waals surface area (Å²) >= 11 is 1.33. The Labute approximate surface area is 204 Å². The molecule has 34 heavy (non-hydrogen) atoms. The Balaban J connectivity index is 1.47. The van der Waals surface area contributed by atoms with Crippen LogP contribution in [0.25, 0.3) is 10.2 Å². The Hall–Kier alpha value is -2.32. The van der Waals surface area contributed by atoms with Gasteiger partial charge in [-0.15, -0.1) is 11.3 Å². The standard InChI is InChI=1S/C26H33N3O4S/c1-4-26(5-2)15-29(19-17(30)14-33-21(19)26)24(32)20(25(3)10-6-7-11-25)28-22(31)18-13-16-9-8-12-27-23(16)34-18/h8-9,12-13,19-21H,4-7,10-11,14-15H2,1-3H3,(H,28,31)/t19-,20-,21+/m1/s1. The number of ether oxygens (including phenoxy) is 1. The van der Waals surface area contributed by atoms with E-state index in [0.717, 1.165) is 48.7 Å². The zero-order chi connectivity index (χ0) is 24.1. The minimum atomic E-state index is -0.681. The molecule has 8 heteroatoms. The summed E-state index contributed by atoms with van der Waals surface area (Å²) < 4.78 is 5.95. The van der Waals surface area contributed by atoms with Crippen LogP contribution in [0, 0.1) is 10.8 Å². The third kappa shape index (κ3) is 3.66. The molecule has 0 unspecified atom stereocenters. The third-order valence-corrected chi connectivity index (χ3v) is 9.68. The van der Waals surface area contributed by atoms with E-state index in [9.17, 15) is 14.4 Å². The molecule has 2 aromatic heterocycles. The van der Waals surface area contributed by atoms with Crippen LogP contribution in [-0.4, -0.2) is 58.8 Å². The maximum atomic E-state index is 14.2. The summed E-state index contributed by atoms with van der Waals surface area (Å²) in [6.07, 6.45) is 6.93. The largest absolute Gasteiger partial charge is 0.367 e. The second-order valence-corrected chi connectivity index (χ2v) is 11.5. The lowest BCUT2D eigenvalue weighted by Crippen LogP contribution is -2.57. The van der Waals surface area contributed by atoms with Crippen molar-refractivity contribution >= 4 is 39.2 Å². The van der Waals surface area contributed by atoms with Gasteiger partial charge in [0.05, 0.1) is 11.0 Å². The van der Waals surface area contributed by atoms with Gasteiger partial charge >= 0.3 is 0 Å². The molecule has 1 N–H and O–H groups in total. The summed E-state index contributed by atoms with van der Waals surface area (Å²) in [4.78, 5) is 47.8. The van der Waals surface area contributed by atoms with Crippen LogP contribution in [0.5, 0.6) is 0 Å². The molecule has 2 saturated heterocycles. The van der Waals surface area contributed by atoms with Gasteiger partial charge in [-0.25, -0.2) is 4.98 Å². The van der Waals surface area contributed by atoms with Crippen LogP contribution >= 0.6 is 11.3 Å². The molecular formula is C26H33N3O4S. The lowest BCUT2D eigenvalue weighted by molar-refractivity contribution is -0.141. The van der Waals surface area contributed by atoms with E-state index in [1.54, 1.807) is 11.1 Å². The van der Waals surface area contributed by atoms with Crippen molar-refractivity contribution < 1.29 is 19.1 Å². The maximum absolute atomic E-state index is 14.2. The molecule has 3 atom stereocenters. The SMILES string of the molecule is CCC1(CC)CN(C(=O)[C@@H](NC(=O)c2cc3cccnc3s2)C2(C)CCCC2)[C@@H]2C(=O)CO[C@@H]21. The molecule has 2 aromatic rings. The summed E-state index contributed by atoms with van der Waals surface area (Å²) in [6.45, 7) is 6.86. The number of carbonyl (C=O) groups is 3. The summed E-state index contributed by atoms with van der Waals surface area (Å²) in [5.41, 5.74) is -0.571. The molecule has 182 valence electrons. The van der Waals surface area contributed by atoms with Crippen LogP contribution in [-0.2, 0) is 14.3 Å². The van der Waals surface area contributed by atoms with Gasteiger partial charge in [0.2, 0.25) is 5.91 Å². The van der Waals surface area contributed by atoms with E-state index in [4.69, 9.17) is 4.74 Å². The van der Waals surface area contributed by atoms with Crippen molar-refractivity contribution in [2.24, 2.45) is 10.8 Å². The lowest BCUT2D eigenvalue weighted by atomic mass is 9.78. The van der Waals surface area contributed by atoms with Crippen LogP contribution < -0.4 is 5.32 Å². The van der Waals surface area contributed by atoms with Crippen LogP contribution in [0.2, 0.25) is 0 Å². The van der Waals surface area contributed by atoms with Gasteiger partial charge in [0.1, 0.15) is 23.5 Å². The fourth-order valence-electron chi connectivity index (χ4n) is 6.34. The molecule has 0 aromatic carbocycles. The van der Waals surface area contributed by atoms with E-state index in [2.05, 4.69) is 31.1 Å². The summed E-state index contributed by atoms with van der Waals surface area (Å²) in [6, 6.07) is 4.38. The molecule has 2 aliphatic heterocycles. The van der Waals surface area contributed by atoms with E-state index in [1.165, 1.54) is 11.3 Å². The number of ketones is 1. The molecule has 5 rings (SSSR count). The van der Waals surface area contributed by atoms with Gasteiger partial charge in [-0.05, 0) is 43.2 Å². The first kappa shape index (κ1) is 23.4. The van der Waals surface area contributed by atoms with Crippen molar-refractivity contribution in [3.63, 3.8) is 0 Å². The minimum Gasteiger partial charge on any atom is -0.367 e. The van der Waals surface area contributed by atoms with Crippen LogP contribution in [0.1, 0.15) is 69.0 Å². The highest BCUT2D eigenvalue weighted by Gasteiger charge is 2.60. The van der Waals surface area contributed by atoms with Gasteiger partial charge in [0.15, 0.2) is 5.78 Å². The zero-order valence-electron chi connectivity index (χ0n) is 20.1. The highest BCUT2D eigenvalue weighted by atomic mass is 32.1. The van der Waals surface area contributed by atoms with E-state index >= 15 is 0 Å². The van der Waals surface area contributed by atoms with Gasteiger partial charge in [0.25, 0.3) is 5.91 Å².